The predicted octanol–water partition coefficient (Wildman–Crippen LogP) is -1.01. The van der Waals surface area contributed by atoms with Crippen molar-refractivity contribution >= 4 is 22.6 Å². The van der Waals surface area contributed by atoms with Gasteiger partial charge in [0.05, 0.1) is 0 Å². The molecule has 9 heteroatoms. The number of nitrogens with two attached hydrogens (primary N) is 1. The van der Waals surface area contributed by atoms with Crippen molar-refractivity contribution in [1.82, 2.24) is 5.32 Å². The molecule has 0 heterocycles. The van der Waals surface area contributed by atoms with Gasteiger partial charge >= 0.3 is 22.6 Å². The number of hydrogen-bond donors (Lipinski definition) is 2. The fourth-order valence-electron chi connectivity index (χ4n) is 0.196. The minimum Gasteiger partial charge on any atom is -0.351 e. The second-order valence-electron chi connectivity index (χ2n) is 1.10. The van der Waals surface area contributed by atoms with E-state index in [1.807, 2.05) is 0 Å². The van der Waals surface area contributed by atoms with E-state index in [1.165, 1.54) is 5.32 Å². The summed E-state index contributed by atoms with van der Waals surface area (Å²) >= 11 is 0. The lowest BCUT2D eigenvalue weighted by Gasteiger charge is -1.87. The molecule has 0 aliphatic rings. The van der Waals surface area contributed by atoms with Crippen LogP contribution < -0.4 is 11.1 Å². The molecule has 0 fully saturated rings. The molecule has 0 saturated heterocycles. The molecule has 0 rings (SSSR count). The van der Waals surface area contributed by atoms with Crippen LogP contribution in [0.2, 0.25) is 0 Å². The number of halogens is 1. The van der Waals surface area contributed by atoms with Gasteiger partial charge in [0.25, 0.3) is 0 Å². The van der Waals surface area contributed by atoms with Gasteiger partial charge in [-0.25, -0.2) is 9.59 Å². The summed E-state index contributed by atoms with van der Waals surface area (Å²) in [7, 11) is -2.86. The largest absolute Gasteiger partial charge is 0.364 e. The molecule has 0 saturated carbocycles. The maximum atomic E-state index is 10.1. The first-order valence-corrected chi connectivity index (χ1v) is 2.97. The Morgan fingerprint density at radius 1 is 1.36 bits per heavy atom. The third-order valence-electron chi connectivity index (χ3n) is 0.388. The van der Waals surface area contributed by atoms with Crippen molar-refractivity contribution in [3.05, 3.63) is 0 Å². The number of urea groups is 2. The van der Waals surface area contributed by atoms with E-state index in [2.05, 4.69) is 10.1 Å². The van der Waals surface area contributed by atoms with Crippen LogP contribution in [0.25, 0.3) is 0 Å². The Balaban J connectivity index is 0. The van der Waals surface area contributed by atoms with Gasteiger partial charge in [-0.05, 0) is 0 Å². The summed E-state index contributed by atoms with van der Waals surface area (Å²) in [4.78, 5) is 19.9. The minimum absolute atomic E-state index is 0. The average molecular weight is 185 g/mol. The first-order valence-electron chi connectivity index (χ1n) is 1.94. The summed E-state index contributed by atoms with van der Waals surface area (Å²) in [6, 6.07) is -2.46. The quantitative estimate of drug-likeness (QED) is 0.502. The first-order chi connectivity index (χ1) is 4.52. The summed E-state index contributed by atoms with van der Waals surface area (Å²) in [5, 5.41) is 1.41. The minimum atomic E-state index is -2.86. The van der Waals surface area contributed by atoms with Gasteiger partial charge in [-0.2, -0.15) is 8.42 Å². The van der Waals surface area contributed by atoms with Crippen molar-refractivity contribution in [3.63, 3.8) is 0 Å². The second-order valence-corrected chi connectivity index (χ2v) is 1.72. The van der Waals surface area contributed by atoms with Crippen molar-refractivity contribution in [2.24, 2.45) is 10.1 Å². The van der Waals surface area contributed by atoms with Crippen LogP contribution in [0.15, 0.2) is 4.36 Å². The molecule has 64 valence electrons. The number of carbonyl (C=O) groups excluding carboxylic acids is 2. The Hall–Kier alpha value is -1.51. The Kier molecular flexibility index (Phi) is 5.86. The summed E-state index contributed by atoms with van der Waals surface area (Å²) in [6.45, 7) is 0. The number of primary amides is 1. The zero-order chi connectivity index (χ0) is 8.15. The number of rotatable bonds is 0. The average Bonchev–Trinajstić information content (AvgIpc) is 1.58. The van der Waals surface area contributed by atoms with Crippen LogP contribution in [0.4, 0.5) is 14.3 Å². The van der Waals surface area contributed by atoms with Gasteiger partial charge in [0.15, 0.2) is 0 Å². The van der Waals surface area contributed by atoms with Gasteiger partial charge in [0.1, 0.15) is 0 Å². The SMILES string of the molecule is F.NC(=O)NC(=O)N=S(=O)=O. The lowest BCUT2D eigenvalue weighted by Crippen LogP contribution is -2.32. The number of hydrogen-bond acceptors (Lipinski definition) is 4. The molecule has 0 aromatic rings. The number of imide groups is 1. The Bertz CT molecular complexity index is 274. The first kappa shape index (κ1) is 12.2. The van der Waals surface area contributed by atoms with E-state index in [-0.39, 0.29) is 4.70 Å². The molecule has 3 N–H and O–H groups in total. The highest BCUT2D eigenvalue weighted by atomic mass is 32.2. The molecule has 0 aromatic heterocycles. The molecule has 0 aliphatic heterocycles. The molecule has 0 aromatic carbocycles. The van der Waals surface area contributed by atoms with E-state index < -0.39 is 22.6 Å². The van der Waals surface area contributed by atoms with Crippen LogP contribution in [-0.2, 0) is 10.5 Å². The maximum Gasteiger partial charge on any atom is 0.364 e. The van der Waals surface area contributed by atoms with Gasteiger partial charge in [-0.3, -0.25) is 10.0 Å². The molecule has 0 bridgehead atoms. The predicted molar refractivity (Wildman–Crippen MR) is 32.0 cm³/mol. The van der Waals surface area contributed by atoms with E-state index in [0.29, 0.717) is 0 Å². The van der Waals surface area contributed by atoms with E-state index in [1.54, 1.807) is 0 Å². The molecule has 0 aliphatic carbocycles. The monoisotopic (exact) mass is 185 g/mol. The van der Waals surface area contributed by atoms with E-state index >= 15 is 0 Å². The maximum absolute atomic E-state index is 10.1. The Labute approximate surface area is 61.6 Å². The van der Waals surface area contributed by atoms with Crippen LogP contribution in [0.1, 0.15) is 0 Å². The Morgan fingerprint density at radius 2 is 1.82 bits per heavy atom. The topological polar surface area (TPSA) is 119 Å². The smallest absolute Gasteiger partial charge is 0.351 e. The van der Waals surface area contributed by atoms with Crippen LogP contribution in [0.5, 0.6) is 0 Å². The molecular weight excluding hydrogens is 181 g/mol. The van der Waals surface area contributed by atoms with Crippen molar-refractivity contribution < 1.29 is 22.7 Å². The second kappa shape index (κ2) is 5.29. The van der Waals surface area contributed by atoms with E-state index in [9.17, 15) is 18.0 Å². The van der Waals surface area contributed by atoms with Crippen molar-refractivity contribution in [2.75, 3.05) is 0 Å². The van der Waals surface area contributed by atoms with Gasteiger partial charge in [0, 0.05) is 0 Å². The zero-order valence-corrected chi connectivity index (χ0v) is 5.79. The molecule has 0 atom stereocenters. The third-order valence-corrected chi connectivity index (χ3v) is 0.702. The van der Waals surface area contributed by atoms with E-state index in [4.69, 9.17) is 0 Å². The molecule has 4 amide bonds. The molecule has 0 radical (unpaired) electrons. The van der Waals surface area contributed by atoms with Crippen molar-refractivity contribution in [2.45, 2.75) is 0 Å². The van der Waals surface area contributed by atoms with Crippen LogP contribution in [0, 0.1) is 0 Å². The van der Waals surface area contributed by atoms with Crippen molar-refractivity contribution in [1.29, 1.82) is 0 Å². The fraction of sp³-hybridized carbons (Fsp3) is 0. The van der Waals surface area contributed by atoms with Crippen LogP contribution >= 0.6 is 0 Å². The highest BCUT2D eigenvalue weighted by molar-refractivity contribution is 7.62. The van der Waals surface area contributed by atoms with E-state index in [0.717, 1.165) is 0 Å². The number of amides is 4. The number of carbonyl (C=O) groups is 2. The number of nitrogens with zero attached hydrogens (tertiary/aromatic N) is 1. The summed E-state index contributed by atoms with van der Waals surface area (Å²) in [6.07, 6.45) is 0. The Morgan fingerprint density at radius 3 is 2.09 bits per heavy atom. The zero-order valence-electron chi connectivity index (χ0n) is 4.97. The fourth-order valence-corrected chi connectivity index (χ4v) is 0.377. The van der Waals surface area contributed by atoms with Crippen LogP contribution in [-0.4, -0.2) is 20.5 Å². The molecule has 11 heavy (non-hydrogen) atoms. The van der Waals surface area contributed by atoms with Crippen molar-refractivity contribution in [3.8, 4) is 0 Å². The highest BCUT2D eigenvalue weighted by Gasteiger charge is 1.99. The van der Waals surface area contributed by atoms with Gasteiger partial charge in [0.2, 0.25) is 0 Å². The molecule has 0 spiro atoms. The standard InChI is InChI=1S/C2H3N3O4S.FH/c3-1(6)4-2(7)5-10(8)9;/h(H3,3,4,6,7);1H. The summed E-state index contributed by atoms with van der Waals surface area (Å²) < 4.78 is 21.6. The summed E-state index contributed by atoms with van der Waals surface area (Å²) in [5.74, 6) is 0. The lowest BCUT2D eigenvalue weighted by atomic mass is 10.9. The third kappa shape index (κ3) is 8.49. The summed E-state index contributed by atoms with van der Waals surface area (Å²) in [5.41, 5.74) is 4.44. The normalized spacial score (nSPS) is 7.27. The number of nitrogens with one attached hydrogen (secondary N) is 1. The van der Waals surface area contributed by atoms with Gasteiger partial charge in [-0.1, -0.05) is 4.36 Å². The lowest BCUT2D eigenvalue weighted by molar-refractivity contribution is 0.237. The molecule has 7 nitrogen and oxygen atoms in total. The highest BCUT2D eigenvalue weighted by Crippen LogP contribution is 1.70. The molecule has 0 unspecified atom stereocenters. The van der Waals surface area contributed by atoms with Gasteiger partial charge in [-0.15, -0.1) is 0 Å². The van der Waals surface area contributed by atoms with Crippen LogP contribution in [0.3, 0.4) is 0 Å². The molecular formula is C2H4FN3O4S. The van der Waals surface area contributed by atoms with Gasteiger partial charge < -0.3 is 5.73 Å².